The van der Waals surface area contributed by atoms with Gasteiger partial charge in [-0.15, -0.1) is 0 Å². The van der Waals surface area contributed by atoms with Crippen molar-refractivity contribution in [2.75, 3.05) is 26.2 Å². The van der Waals surface area contributed by atoms with Crippen molar-refractivity contribution >= 4 is 6.03 Å². The number of rotatable bonds is 6. The summed E-state index contributed by atoms with van der Waals surface area (Å²) in [5, 5.41) is 11.5. The molecule has 0 bridgehead atoms. The molecule has 0 radical (unpaired) electrons. The largest absolute Gasteiger partial charge is 0.370 e. The summed E-state index contributed by atoms with van der Waals surface area (Å²) < 4.78 is 9.56. The number of hydrogen-bond donors (Lipinski definition) is 1. The van der Waals surface area contributed by atoms with Gasteiger partial charge in [0.25, 0.3) is 0 Å². The van der Waals surface area contributed by atoms with Gasteiger partial charge < -0.3 is 15.0 Å². The lowest BCUT2D eigenvalue weighted by Gasteiger charge is -2.32. The molecule has 0 saturated carbocycles. The van der Waals surface area contributed by atoms with E-state index in [0.717, 1.165) is 18.7 Å². The summed E-state index contributed by atoms with van der Waals surface area (Å²) in [6.07, 6.45) is 7.39. The molecule has 1 saturated heterocycles. The third-order valence-corrected chi connectivity index (χ3v) is 4.36. The number of nitrogens with zero attached hydrogens (tertiary/aromatic N) is 5. The summed E-state index contributed by atoms with van der Waals surface area (Å²) in [4.78, 5) is 14.3. The van der Waals surface area contributed by atoms with Gasteiger partial charge in [-0.05, 0) is 18.9 Å². The number of aromatic nitrogens is 4. The standard InChI is InChI=1S/C17H26N6O2/c1-3-22-12-15(10-20-22)16-13-21(7-8-25-16)17(24)18-9-14(2)11-23-6-4-5-19-23/h4-6,10,12,14,16H,3,7-9,11,13H2,1-2H3,(H,18,24)/t14-,16-/m0/s1. The number of morpholine rings is 1. The molecule has 1 fully saturated rings. The second-order valence-electron chi connectivity index (χ2n) is 6.45. The van der Waals surface area contributed by atoms with Crippen LogP contribution in [0.15, 0.2) is 30.9 Å². The summed E-state index contributed by atoms with van der Waals surface area (Å²) in [5.74, 6) is 0.309. The molecule has 2 aromatic rings. The SMILES string of the molecule is CCn1cc([C@@H]2CN(C(=O)NC[C@H](C)Cn3cccn3)CCO2)cn1. The average Bonchev–Trinajstić information content (AvgIpc) is 3.31. The van der Waals surface area contributed by atoms with Crippen LogP contribution < -0.4 is 5.32 Å². The molecule has 1 aliphatic heterocycles. The zero-order valence-electron chi connectivity index (χ0n) is 14.8. The van der Waals surface area contributed by atoms with Crippen LogP contribution in [0.5, 0.6) is 0 Å². The van der Waals surface area contributed by atoms with Gasteiger partial charge in [-0.2, -0.15) is 10.2 Å². The van der Waals surface area contributed by atoms with E-state index in [1.165, 1.54) is 0 Å². The second kappa shape index (κ2) is 8.15. The van der Waals surface area contributed by atoms with Crippen LogP contribution in [0.4, 0.5) is 4.79 Å². The predicted molar refractivity (Wildman–Crippen MR) is 93.0 cm³/mol. The summed E-state index contributed by atoms with van der Waals surface area (Å²) in [6.45, 7) is 8.07. The van der Waals surface area contributed by atoms with Gasteiger partial charge in [0.05, 0.1) is 19.3 Å². The minimum absolute atomic E-state index is 0.0384. The maximum atomic E-state index is 12.5. The third kappa shape index (κ3) is 4.60. The van der Waals surface area contributed by atoms with Crippen LogP contribution in [-0.4, -0.2) is 56.7 Å². The highest BCUT2D eigenvalue weighted by molar-refractivity contribution is 5.74. The minimum Gasteiger partial charge on any atom is -0.370 e. The molecule has 3 rings (SSSR count). The maximum absolute atomic E-state index is 12.5. The van der Waals surface area contributed by atoms with Crippen molar-refractivity contribution in [1.29, 1.82) is 0 Å². The first kappa shape index (κ1) is 17.5. The fourth-order valence-corrected chi connectivity index (χ4v) is 2.92. The van der Waals surface area contributed by atoms with E-state index in [4.69, 9.17) is 4.74 Å². The molecule has 0 aromatic carbocycles. The first-order chi connectivity index (χ1) is 12.2. The molecule has 1 N–H and O–H groups in total. The lowest BCUT2D eigenvalue weighted by molar-refractivity contribution is -0.0155. The van der Waals surface area contributed by atoms with E-state index in [2.05, 4.69) is 22.4 Å². The van der Waals surface area contributed by atoms with E-state index in [0.29, 0.717) is 32.2 Å². The highest BCUT2D eigenvalue weighted by atomic mass is 16.5. The van der Waals surface area contributed by atoms with Crippen LogP contribution in [0.3, 0.4) is 0 Å². The molecule has 3 heterocycles. The Morgan fingerprint density at radius 1 is 1.44 bits per heavy atom. The minimum atomic E-state index is -0.110. The van der Waals surface area contributed by atoms with E-state index in [1.807, 2.05) is 45.8 Å². The lowest BCUT2D eigenvalue weighted by atomic mass is 10.1. The second-order valence-corrected chi connectivity index (χ2v) is 6.45. The Hall–Kier alpha value is -2.35. The van der Waals surface area contributed by atoms with Gasteiger partial charge in [-0.3, -0.25) is 9.36 Å². The van der Waals surface area contributed by atoms with Gasteiger partial charge in [0.2, 0.25) is 0 Å². The highest BCUT2D eigenvalue weighted by Gasteiger charge is 2.26. The van der Waals surface area contributed by atoms with Gasteiger partial charge in [0.1, 0.15) is 6.10 Å². The number of carbonyl (C=O) groups excluding carboxylic acids is 1. The Bertz CT molecular complexity index is 668. The Balaban J connectivity index is 1.48. The Kier molecular flexibility index (Phi) is 5.70. The first-order valence-electron chi connectivity index (χ1n) is 8.80. The topological polar surface area (TPSA) is 77.2 Å². The van der Waals surface area contributed by atoms with Gasteiger partial charge >= 0.3 is 6.03 Å². The van der Waals surface area contributed by atoms with Crippen molar-refractivity contribution in [1.82, 2.24) is 29.8 Å². The fourth-order valence-electron chi connectivity index (χ4n) is 2.92. The molecular formula is C17H26N6O2. The Morgan fingerprint density at radius 3 is 3.04 bits per heavy atom. The van der Waals surface area contributed by atoms with Crippen molar-refractivity contribution in [3.05, 3.63) is 36.4 Å². The Labute approximate surface area is 147 Å². The van der Waals surface area contributed by atoms with Gasteiger partial charge in [0.15, 0.2) is 0 Å². The summed E-state index contributed by atoms with van der Waals surface area (Å²) in [5.41, 5.74) is 1.02. The predicted octanol–water partition coefficient (Wildman–Crippen LogP) is 1.52. The van der Waals surface area contributed by atoms with E-state index in [1.54, 1.807) is 6.20 Å². The maximum Gasteiger partial charge on any atom is 0.317 e. The molecule has 0 aliphatic carbocycles. The number of hydrogen-bond acceptors (Lipinski definition) is 4. The molecule has 2 aromatic heterocycles. The molecule has 0 unspecified atom stereocenters. The summed E-state index contributed by atoms with van der Waals surface area (Å²) in [6, 6.07) is 1.86. The number of nitrogens with one attached hydrogen (secondary N) is 1. The molecule has 1 aliphatic rings. The summed E-state index contributed by atoms with van der Waals surface area (Å²) >= 11 is 0. The molecule has 0 spiro atoms. The first-order valence-corrected chi connectivity index (χ1v) is 8.80. The normalized spacial score (nSPS) is 19.0. The number of amides is 2. The number of urea groups is 1. The van der Waals surface area contributed by atoms with Crippen LogP contribution >= 0.6 is 0 Å². The van der Waals surface area contributed by atoms with Gasteiger partial charge in [-0.1, -0.05) is 6.92 Å². The number of carbonyl (C=O) groups is 1. The summed E-state index contributed by atoms with van der Waals surface area (Å²) in [7, 11) is 0. The lowest BCUT2D eigenvalue weighted by Crippen LogP contribution is -2.48. The van der Waals surface area contributed by atoms with Gasteiger partial charge in [-0.25, -0.2) is 4.79 Å². The molecular weight excluding hydrogens is 320 g/mol. The average molecular weight is 346 g/mol. The van der Waals surface area contributed by atoms with E-state index >= 15 is 0 Å². The highest BCUT2D eigenvalue weighted by Crippen LogP contribution is 2.21. The van der Waals surface area contributed by atoms with Gasteiger partial charge in [0, 0.05) is 50.3 Å². The fraction of sp³-hybridized carbons (Fsp3) is 0.588. The van der Waals surface area contributed by atoms with E-state index < -0.39 is 0 Å². The van der Waals surface area contributed by atoms with Crippen LogP contribution in [0.2, 0.25) is 0 Å². The van der Waals surface area contributed by atoms with Crippen molar-refractivity contribution in [3.8, 4) is 0 Å². The third-order valence-electron chi connectivity index (χ3n) is 4.36. The van der Waals surface area contributed by atoms with Crippen molar-refractivity contribution in [3.63, 3.8) is 0 Å². The number of ether oxygens (including phenoxy) is 1. The molecule has 8 heteroatoms. The van der Waals surface area contributed by atoms with Crippen molar-refractivity contribution < 1.29 is 9.53 Å². The van der Waals surface area contributed by atoms with E-state index in [9.17, 15) is 4.79 Å². The van der Waals surface area contributed by atoms with Crippen LogP contribution in [0, 0.1) is 5.92 Å². The number of aryl methyl sites for hydroxylation is 1. The smallest absolute Gasteiger partial charge is 0.317 e. The molecule has 136 valence electrons. The van der Waals surface area contributed by atoms with Crippen LogP contribution in [0.25, 0.3) is 0 Å². The Morgan fingerprint density at radius 2 is 2.32 bits per heavy atom. The quantitative estimate of drug-likeness (QED) is 0.860. The van der Waals surface area contributed by atoms with Crippen molar-refractivity contribution in [2.45, 2.75) is 33.0 Å². The van der Waals surface area contributed by atoms with Crippen LogP contribution in [0.1, 0.15) is 25.5 Å². The zero-order valence-corrected chi connectivity index (χ0v) is 14.8. The monoisotopic (exact) mass is 346 g/mol. The van der Waals surface area contributed by atoms with E-state index in [-0.39, 0.29) is 12.1 Å². The molecule has 2 atom stereocenters. The molecule has 2 amide bonds. The molecule has 25 heavy (non-hydrogen) atoms. The molecule has 8 nitrogen and oxygen atoms in total. The van der Waals surface area contributed by atoms with Crippen molar-refractivity contribution in [2.24, 2.45) is 5.92 Å². The van der Waals surface area contributed by atoms with Crippen LogP contribution in [-0.2, 0) is 17.8 Å². The zero-order chi connectivity index (χ0) is 17.6.